The monoisotopic (exact) mass is 357 g/mol. The summed E-state index contributed by atoms with van der Waals surface area (Å²) in [6, 6.07) is 12.7. The van der Waals surface area contributed by atoms with Crippen LogP contribution in [-0.4, -0.2) is 29.5 Å². The Bertz CT molecular complexity index is 907. The number of nitrogens with zero attached hydrogens (tertiary/aromatic N) is 3. The van der Waals surface area contributed by atoms with E-state index in [0.717, 1.165) is 0 Å². The van der Waals surface area contributed by atoms with Crippen molar-refractivity contribution in [3.05, 3.63) is 64.4 Å². The van der Waals surface area contributed by atoms with E-state index in [0.29, 0.717) is 16.3 Å². The maximum atomic E-state index is 14.3. The van der Waals surface area contributed by atoms with Gasteiger partial charge in [0.1, 0.15) is 5.82 Å². The molecule has 1 amide bonds. The topological polar surface area (TPSA) is 76.7 Å². The average Bonchev–Trinajstić information content (AvgIpc) is 2.70. The summed E-state index contributed by atoms with van der Waals surface area (Å²) in [6.45, 7) is 0.0844. The van der Waals surface area contributed by atoms with Gasteiger partial charge < -0.3 is 10.0 Å². The second kappa shape index (κ2) is 7.01. The van der Waals surface area contributed by atoms with E-state index in [-0.39, 0.29) is 24.2 Å². The van der Waals surface area contributed by atoms with Crippen LogP contribution in [0, 0.1) is 17.1 Å². The lowest BCUT2D eigenvalue weighted by Gasteiger charge is -2.23. The first-order valence-electron chi connectivity index (χ1n) is 7.52. The zero-order valence-electron chi connectivity index (χ0n) is 13.0. The van der Waals surface area contributed by atoms with Gasteiger partial charge in [-0.25, -0.2) is 9.38 Å². The maximum Gasteiger partial charge on any atom is 0.278 e. The molecule has 7 heteroatoms. The van der Waals surface area contributed by atoms with Gasteiger partial charge in [0.15, 0.2) is 0 Å². The Hall–Kier alpha value is -2.75. The number of hydrogen-bond donors (Lipinski definition) is 1. The number of nitriles is 1. The number of aliphatic hydroxyl groups excluding tert-OH is 1. The maximum absolute atomic E-state index is 14.3. The molecular formula is C18H13ClFN3O2. The summed E-state index contributed by atoms with van der Waals surface area (Å²) >= 11 is 6.08. The van der Waals surface area contributed by atoms with Crippen molar-refractivity contribution in [2.75, 3.05) is 11.4 Å². The smallest absolute Gasteiger partial charge is 0.278 e. The molecule has 1 heterocycles. The zero-order valence-corrected chi connectivity index (χ0v) is 13.7. The summed E-state index contributed by atoms with van der Waals surface area (Å²) in [5.74, 6) is -1.21. The lowest BCUT2D eigenvalue weighted by Crippen LogP contribution is -2.38. The van der Waals surface area contributed by atoms with Crippen molar-refractivity contribution < 1.29 is 14.3 Å². The molecule has 0 aromatic heterocycles. The third-order valence-electron chi connectivity index (χ3n) is 3.82. The van der Waals surface area contributed by atoms with Crippen molar-refractivity contribution in [3.8, 4) is 6.07 Å². The van der Waals surface area contributed by atoms with E-state index < -0.39 is 18.0 Å². The third kappa shape index (κ3) is 3.25. The van der Waals surface area contributed by atoms with E-state index in [9.17, 15) is 14.3 Å². The van der Waals surface area contributed by atoms with Gasteiger partial charge in [0, 0.05) is 22.7 Å². The summed E-state index contributed by atoms with van der Waals surface area (Å²) in [7, 11) is 0. The predicted molar refractivity (Wildman–Crippen MR) is 92.1 cm³/mol. The molecule has 3 rings (SSSR count). The van der Waals surface area contributed by atoms with Crippen molar-refractivity contribution in [2.45, 2.75) is 12.6 Å². The van der Waals surface area contributed by atoms with E-state index >= 15 is 0 Å². The van der Waals surface area contributed by atoms with Gasteiger partial charge in [-0.2, -0.15) is 5.26 Å². The predicted octanol–water partition coefficient (Wildman–Crippen LogP) is 2.90. The number of rotatable bonds is 3. The second-order valence-electron chi connectivity index (χ2n) is 5.39. The number of hydrogen-bond acceptors (Lipinski definition) is 4. The molecular weight excluding hydrogens is 345 g/mol. The Balaban J connectivity index is 2.24. The summed E-state index contributed by atoms with van der Waals surface area (Å²) in [4.78, 5) is 17.8. The normalized spacial score (nSPS) is 16.7. The first kappa shape index (κ1) is 17.1. The van der Waals surface area contributed by atoms with E-state index in [1.165, 1.54) is 23.1 Å². The van der Waals surface area contributed by atoms with E-state index in [1.54, 1.807) is 24.3 Å². The Morgan fingerprint density at radius 3 is 2.76 bits per heavy atom. The van der Waals surface area contributed by atoms with Crippen molar-refractivity contribution in [3.63, 3.8) is 0 Å². The largest absolute Gasteiger partial charge is 0.364 e. The molecule has 0 saturated heterocycles. The van der Waals surface area contributed by atoms with Crippen LogP contribution in [0.1, 0.15) is 17.5 Å². The van der Waals surface area contributed by atoms with E-state index in [4.69, 9.17) is 16.9 Å². The lowest BCUT2D eigenvalue weighted by molar-refractivity contribution is -0.126. The van der Waals surface area contributed by atoms with Gasteiger partial charge in [0.05, 0.1) is 23.9 Å². The van der Waals surface area contributed by atoms with Gasteiger partial charge in [-0.3, -0.25) is 4.79 Å². The van der Waals surface area contributed by atoms with Gasteiger partial charge in [-0.1, -0.05) is 23.7 Å². The summed E-state index contributed by atoms with van der Waals surface area (Å²) < 4.78 is 14.3. The molecule has 25 heavy (non-hydrogen) atoms. The van der Waals surface area contributed by atoms with Crippen LogP contribution in [-0.2, 0) is 4.79 Å². The van der Waals surface area contributed by atoms with Crippen LogP contribution < -0.4 is 4.90 Å². The minimum atomic E-state index is -1.69. The molecule has 5 nitrogen and oxygen atoms in total. The average molecular weight is 358 g/mol. The van der Waals surface area contributed by atoms with Gasteiger partial charge >= 0.3 is 0 Å². The van der Waals surface area contributed by atoms with Crippen molar-refractivity contribution in [1.29, 1.82) is 5.26 Å². The molecule has 0 radical (unpaired) electrons. The van der Waals surface area contributed by atoms with Crippen molar-refractivity contribution >= 4 is 28.9 Å². The summed E-state index contributed by atoms with van der Waals surface area (Å²) in [5, 5.41) is 19.4. The Morgan fingerprint density at radius 1 is 1.28 bits per heavy atom. The highest BCUT2D eigenvalue weighted by Gasteiger charge is 2.31. The molecule has 126 valence electrons. The van der Waals surface area contributed by atoms with Gasteiger partial charge in [0.25, 0.3) is 5.91 Å². The highest BCUT2D eigenvalue weighted by Crippen LogP contribution is 2.31. The minimum Gasteiger partial charge on any atom is -0.364 e. The lowest BCUT2D eigenvalue weighted by atomic mass is 9.99. The van der Waals surface area contributed by atoms with Crippen LogP contribution >= 0.6 is 11.6 Å². The molecule has 0 spiro atoms. The SMILES string of the molecule is N#CCCN1C(=O)[C@H](O)N=C(c2ccccc2F)c2cc(Cl)ccc21. The fourth-order valence-electron chi connectivity index (χ4n) is 2.70. The fraction of sp³-hybridized carbons (Fsp3) is 0.167. The molecule has 0 bridgehead atoms. The number of aliphatic imine (C=N–C) groups is 1. The Kier molecular flexibility index (Phi) is 4.79. The highest BCUT2D eigenvalue weighted by molar-refractivity contribution is 6.32. The van der Waals surface area contributed by atoms with Crippen LogP contribution in [0.2, 0.25) is 5.02 Å². The van der Waals surface area contributed by atoms with E-state index in [2.05, 4.69) is 4.99 Å². The minimum absolute atomic E-state index is 0.0789. The number of aliphatic hydroxyl groups is 1. The molecule has 1 atom stereocenters. The molecule has 2 aromatic carbocycles. The molecule has 1 aliphatic heterocycles. The van der Waals surface area contributed by atoms with Gasteiger partial charge in [-0.15, -0.1) is 0 Å². The van der Waals surface area contributed by atoms with Crippen LogP contribution in [0.3, 0.4) is 0 Å². The Labute approximate surface area is 148 Å². The number of carbonyl (C=O) groups is 1. The fourth-order valence-corrected chi connectivity index (χ4v) is 2.87. The number of benzene rings is 2. The van der Waals surface area contributed by atoms with Crippen molar-refractivity contribution in [2.24, 2.45) is 4.99 Å². The standard InChI is InChI=1S/C18H13ClFN3O2/c19-11-6-7-15-13(10-11)16(12-4-1-2-5-14(12)20)22-17(24)18(25)23(15)9-3-8-21/h1-2,4-7,10,17,24H,3,9H2/t17-/m0/s1. The number of anilines is 1. The number of halogens is 2. The molecule has 1 aliphatic rings. The van der Waals surface area contributed by atoms with Crippen molar-refractivity contribution in [1.82, 2.24) is 0 Å². The number of amides is 1. The summed E-state index contributed by atoms with van der Waals surface area (Å²) in [5.41, 5.74) is 1.12. The number of fused-ring (bicyclic) bond motifs is 1. The molecule has 1 N–H and O–H groups in total. The molecule has 0 saturated carbocycles. The summed E-state index contributed by atoms with van der Waals surface area (Å²) in [6.07, 6.45) is -1.62. The first-order chi connectivity index (χ1) is 12.0. The van der Waals surface area contributed by atoms with Gasteiger partial charge in [-0.05, 0) is 30.3 Å². The van der Waals surface area contributed by atoms with Crippen LogP contribution in [0.25, 0.3) is 0 Å². The zero-order chi connectivity index (χ0) is 18.0. The molecule has 0 unspecified atom stereocenters. The number of benzodiazepines with no additional fused rings is 1. The third-order valence-corrected chi connectivity index (χ3v) is 4.05. The second-order valence-corrected chi connectivity index (χ2v) is 5.83. The quantitative estimate of drug-likeness (QED) is 0.917. The van der Waals surface area contributed by atoms with Crippen LogP contribution in [0.5, 0.6) is 0 Å². The highest BCUT2D eigenvalue weighted by atomic mass is 35.5. The Morgan fingerprint density at radius 2 is 2.04 bits per heavy atom. The molecule has 0 fully saturated rings. The molecule has 2 aromatic rings. The van der Waals surface area contributed by atoms with Crippen LogP contribution in [0.4, 0.5) is 10.1 Å². The van der Waals surface area contributed by atoms with E-state index in [1.807, 2.05) is 6.07 Å². The van der Waals surface area contributed by atoms with Gasteiger partial charge in [0.2, 0.25) is 6.23 Å². The number of carbonyl (C=O) groups excluding carboxylic acids is 1. The first-order valence-corrected chi connectivity index (χ1v) is 7.89. The van der Waals surface area contributed by atoms with Crippen LogP contribution in [0.15, 0.2) is 47.5 Å². The molecule has 0 aliphatic carbocycles.